The number of rotatable bonds is 5. The predicted molar refractivity (Wildman–Crippen MR) is 93.6 cm³/mol. The summed E-state index contributed by atoms with van der Waals surface area (Å²) in [5, 5.41) is 7.97. The quantitative estimate of drug-likeness (QED) is 0.703. The topological polar surface area (TPSA) is 68.5 Å². The molecule has 0 aliphatic carbocycles. The third-order valence-corrected chi connectivity index (χ3v) is 4.93. The second-order valence-electron chi connectivity index (χ2n) is 6.02. The first-order valence-corrected chi connectivity index (χ1v) is 8.97. The van der Waals surface area contributed by atoms with Crippen molar-refractivity contribution in [1.82, 2.24) is 15.0 Å². The minimum atomic E-state index is -0.0305. The van der Waals surface area contributed by atoms with Crippen LogP contribution >= 0.6 is 11.3 Å². The lowest BCUT2D eigenvalue weighted by atomic mass is 10.0. The number of carbonyl (C=O) groups excluding carboxylic acids is 1. The molecule has 1 amide bonds. The molecular weight excluding hydrogens is 338 g/mol. The van der Waals surface area contributed by atoms with E-state index in [0.717, 1.165) is 16.9 Å². The van der Waals surface area contributed by atoms with Gasteiger partial charge in [0, 0.05) is 24.0 Å². The summed E-state index contributed by atoms with van der Waals surface area (Å²) >= 11 is 1.59. The van der Waals surface area contributed by atoms with Crippen LogP contribution in [0.3, 0.4) is 0 Å². The fourth-order valence-electron chi connectivity index (χ4n) is 2.70. The molecular formula is C18H17N3O3S. The SMILES string of the molecule is Cc1ccccc1OCC(=O)N1CC(c2nc(-c3ccsc3)no2)C1. The highest BCUT2D eigenvalue weighted by Gasteiger charge is 2.35. The molecule has 0 saturated carbocycles. The van der Waals surface area contributed by atoms with Gasteiger partial charge >= 0.3 is 0 Å². The van der Waals surface area contributed by atoms with Gasteiger partial charge in [-0.15, -0.1) is 0 Å². The van der Waals surface area contributed by atoms with Crippen LogP contribution in [0.4, 0.5) is 0 Å². The average Bonchev–Trinajstić information content (AvgIpc) is 3.24. The summed E-state index contributed by atoms with van der Waals surface area (Å²) in [6.45, 7) is 3.17. The molecule has 1 aromatic carbocycles. The molecule has 3 heterocycles. The van der Waals surface area contributed by atoms with Gasteiger partial charge in [0.05, 0.1) is 5.92 Å². The summed E-state index contributed by atoms with van der Waals surface area (Å²) in [6.07, 6.45) is 0. The zero-order chi connectivity index (χ0) is 17.2. The van der Waals surface area contributed by atoms with E-state index in [1.54, 1.807) is 16.2 Å². The lowest BCUT2D eigenvalue weighted by Gasteiger charge is -2.36. The summed E-state index contributed by atoms with van der Waals surface area (Å²) in [7, 11) is 0. The van der Waals surface area contributed by atoms with Crippen molar-refractivity contribution in [1.29, 1.82) is 0 Å². The first-order valence-electron chi connectivity index (χ1n) is 8.03. The van der Waals surface area contributed by atoms with E-state index < -0.39 is 0 Å². The molecule has 0 bridgehead atoms. The molecule has 1 aliphatic rings. The summed E-state index contributed by atoms with van der Waals surface area (Å²) in [4.78, 5) is 18.4. The lowest BCUT2D eigenvalue weighted by molar-refractivity contribution is -0.138. The summed E-state index contributed by atoms with van der Waals surface area (Å²) in [6, 6.07) is 9.62. The van der Waals surface area contributed by atoms with E-state index in [-0.39, 0.29) is 18.4 Å². The Balaban J connectivity index is 1.30. The maximum atomic E-state index is 12.2. The number of hydrogen-bond acceptors (Lipinski definition) is 6. The van der Waals surface area contributed by atoms with Crippen LogP contribution in [-0.2, 0) is 4.79 Å². The van der Waals surface area contributed by atoms with Crippen LogP contribution in [0.5, 0.6) is 5.75 Å². The first-order chi connectivity index (χ1) is 12.2. The Morgan fingerprint density at radius 3 is 2.96 bits per heavy atom. The van der Waals surface area contributed by atoms with Crippen molar-refractivity contribution in [3.8, 4) is 17.1 Å². The average molecular weight is 355 g/mol. The molecule has 4 rings (SSSR count). The monoisotopic (exact) mass is 355 g/mol. The summed E-state index contributed by atoms with van der Waals surface area (Å²) < 4.78 is 10.9. The van der Waals surface area contributed by atoms with Gasteiger partial charge in [-0.1, -0.05) is 23.4 Å². The normalized spacial score (nSPS) is 14.4. The van der Waals surface area contributed by atoms with Crippen molar-refractivity contribution < 1.29 is 14.1 Å². The van der Waals surface area contributed by atoms with Crippen molar-refractivity contribution in [2.24, 2.45) is 0 Å². The third-order valence-electron chi connectivity index (χ3n) is 4.25. The molecule has 1 aliphatic heterocycles. The van der Waals surface area contributed by atoms with E-state index in [4.69, 9.17) is 9.26 Å². The third kappa shape index (κ3) is 3.28. The van der Waals surface area contributed by atoms with E-state index in [1.807, 2.05) is 48.0 Å². The van der Waals surface area contributed by atoms with E-state index in [1.165, 1.54) is 0 Å². The van der Waals surface area contributed by atoms with E-state index in [0.29, 0.717) is 24.8 Å². The van der Waals surface area contributed by atoms with Crippen molar-refractivity contribution in [3.63, 3.8) is 0 Å². The van der Waals surface area contributed by atoms with Gasteiger partial charge in [-0.3, -0.25) is 4.79 Å². The molecule has 25 heavy (non-hydrogen) atoms. The van der Waals surface area contributed by atoms with Crippen LogP contribution in [0.15, 0.2) is 45.6 Å². The smallest absolute Gasteiger partial charge is 0.260 e. The minimum absolute atomic E-state index is 0.0305. The molecule has 1 saturated heterocycles. The van der Waals surface area contributed by atoms with Gasteiger partial charge in [0.15, 0.2) is 6.61 Å². The molecule has 6 nitrogen and oxygen atoms in total. The number of ether oxygens (including phenoxy) is 1. The maximum Gasteiger partial charge on any atom is 0.260 e. The van der Waals surface area contributed by atoms with Gasteiger partial charge in [0.25, 0.3) is 5.91 Å². The summed E-state index contributed by atoms with van der Waals surface area (Å²) in [5.74, 6) is 2.00. The van der Waals surface area contributed by atoms with Gasteiger partial charge in [0.2, 0.25) is 11.7 Å². The number of aromatic nitrogens is 2. The van der Waals surface area contributed by atoms with Gasteiger partial charge in [-0.25, -0.2) is 0 Å². The van der Waals surface area contributed by atoms with Crippen molar-refractivity contribution in [2.75, 3.05) is 19.7 Å². The predicted octanol–water partition coefficient (Wildman–Crippen LogP) is 3.11. The zero-order valence-corrected chi connectivity index (χ0v) is 14.5. The van der Waals surface area contributed by atoms with Crippen molar-refractivity contribution >= 4 is 17.2 Å². The lowest BCUT2D eigenvalue weighted by Crippen LogP contribution is -2.50. The Bertz CT molecular complexity index is 869. The Morgan fingerprint density at radius 1 is 1.36 bits per heavy atom. The number of amides is 1. The molecule has 7 heteroatoms. The van der Waals surface area contributed by atoms with Crippen LogP contribution in [0.2, 0.25) is 0 Å². The van der Waals surface area contributed by atoms with Gasteiger partial charge in [0.1, 0.15) is 5.75 Å². The second kappa shape index (κ2) is 6.68. The van der Waals surface area contributed by atoms with Gasteiger partial charge < -0.3 is 14.2 Å². The van der Waals surface area contributed by atoms with Gasteiger partial charge in [-0.05, 0) is 30.0 Å². The highest BCUT2D eigenvalue weighted by Crippen LogP contribution is 2.28. The molecule has 0 atom stereocenters. The Labute approximate surface area is 149 Å². The van der Waals surface area contributed by atoms with Crippen LogP contribution in [0, 0.1) is 6.92 Å². The Hall–Kier alpha value is -2.67. The minimum Gasteiger partial charge on any atom is -0.484 e. The van der Waals surface area contributed by atoms with E-state index in [2.05, 4.69) is 10.1 Å². The molecule has 2 aromatic heterocycles. The van der Waals surface area contributed by atoms with Crippen LogP contribution in [0.1, 0.15) is 17.4 Å². The Kier molecular flexibility index (Phi) is 4.23. The standard InChI is InChI=1S/C18H17N3O3S/c1-12-4-2-3-5-15(12)23-10-16(22)21-8-14(9-21)18-19-17(20-24-18)13-6-7-25-11-13/h2-7,11,14H,8-10H2,1H3. The highest BCUT2D eigenvalue weighted by atomic mass is 32.1. The molecule has 0 spiro atoms. The maximum absolute atomic E-state index is 12.2. The number of nitrogens with zero attached hydrogens (tertiary/aromatic N) is 3. The van der Waals surface area contributed by atoms with E-state index in [9.17, 15) is 4.79 Å². The van der Waals surface area contributed by atoms with Crippen LogP contribution in [-0.4, -0.2) is 40.6 Å². The molecule has 0 N–H and O–H groups in total. The summed E-state index contributed by atoms with van der Waals surface area (Å²) in [5.41, 5.74) is 1.97. The first kappa shape index (κ1) is 15.8. The fourth-order valence-corrected chi connectivity index (χ4v) is 3.33. The number of benzene rings is 1. The number of hydrogen-bond donors (Lipinski definition) is 0. The molecule has 0 radical (unpaired) electrons. The zero-order valence-electron chi connectivity index (χ0n) is 13.7. The van der Waals surface area contributed by atoms with Crippen LogP contribution < -0.4 is 4.74 Å². The number of aryl methyl sites for hydroxylation is 1. The molecule has 0 unspecified atom stereocenters. The highest BCUT2D eigenvalue weighted by molar-refractivity contribution is 7.08. The second-order valence-corrected chi connectivity index (χ2v) is 6.80. The number of carbonyl (C=O) groups is 1. The fraction of sp³-hybridized carbons (Fsp3) is 0.278. The number of para-hydroxylation sites is 1. The number of thiophene rings is 1. The van der Waals surface area contributed by atoms with Crippen molar-refractivity contribution in [2.45, 2.75) is 12.8 Å². The number of likely N-dealkylation sites (tertiary alicyclic amines) is 1. The molecule has 128 valence electrons. The van der Waals surface area contributed by atoms with Crippen LogP contribution in [0.25, 0.3) is 11.4 Å². The Morgan fingerprint density at radius 2 is 2.20 bits per heavy atom. The molecule has 1 fully saturated rings. The largest absolute Gasteiger partial charge is 0.484 e. The molecule has 3 aromatic rings. The van der Waals surface area contributed by atoms with E-state index >= 15 is 0 Å². The van der Waals surface area contributed by atoms with Crippen molar-refractivity contribution in [3.05, 3.63) is 52.5 Å². The van der Waals surface area contributed by atoms with Gasteiger partial charge in [-0.2, -0.15) is 16.3 Å².